The summed E-state index contributed by atoms with van der Waals surface area (Å²) in [6.07, 6.45) is 0.831. The van der Waals surface area contributed by atoms with Crippen molar-refractivity contribution in [2.24, 2.45) is 0 Å². The van der Waals surface area contributed by atoms with Gasteiger partial charge in [0.1, 0.15) is 5.82 Å². The first-order valence-corrected chi connectivity index (χ1v) is 8.48. The number of aryl methyl sites for hydroxylation is 1. The molecule has 5 nitrogen and oxygen atoms in total. The molecule has 1 aliphatic rings. The van der Waals surface area contributed by atoms with Gasteiger partial charge in [-0.05, 0) is 25.1 Å². The molecule has 4 rings (SSSR count). The number of fused-ring (bicyclic) bond motifs is 3. The number of carbonyl (C=O) groups excluding carboxylic acids is 1. The molecular formula is C17H16FN3O2S. The molecule has 0 saturated carbocycles. The van der Waals surface area contributed by atoms with E-state index in [1.54, 1.807) is 12.1 Å². The number of ether oxygens (including phenoxy) is 1. The Labute approximate surface area is 142 Å². The van der Waals surface area contributed by atoms with E-state index >= 15 is 0 Å². The Balaban J connectivity index is 1.70. The van der Waals surface area contributed by atoms with Gasteiger partial charge >= 0.3 is 5.97 Å². The second-order valence-corrected chi connectivity index (χ2v) is 7.02. The van der Waals surface area contributed by atoms with Gasteiger partial charge < -0.3 is 14.6 Å². The van der Waals surface area contributed by atoms with E-state index in [-0.39, 0.29) is 5.82 Å². The van der Waals surface area contributed by atoms with Crippen LogP contribution in [0.25, 0.3) is 10.9 Å². The third-order valence-electron chi connectivity index (χ3n) is 4.37. The van der Waals surface area contributed by atoms with Crippen molar-refractivity contribution in [1.82, 2.24) is 9.97 Å². The third kappa shape index (κ3) is 2.36. The number of nitrogens with one attached hydrogen (secondary N) is 1. The predicted octanol–water partition coefficient (Wildman–Crippen LogP) is 3.42. The van der Waals surface area contributed by atoms with Crippen LogP contribution in [0.2, 0.25) is 0 Å². The third-order valence-corrected chi connectivity index (χ3v) is 5.40. The maximum atomic E-state index is 13.6. The molecule has 3 aromatic rings. The molecule has 0 saturated heterocycles. The van der Waals surface area contributed by atoms with Crippen LogP contribution in [0.4, 0.5) is 9.52 Å². The zero-order valence-corrected chi connectivity index (χ0v) is 14.2. The zero-order chi connectivity index (χ0) is 16.8. The molecule has 0 unspecified atom stereocenters. The van der Waals surface area contributed by atoms with Crippen molar-refractivity contribution < 1.29 is 13.9 Å². The van der Waals surface area contributed by atoms with Crippen LogP contribution in [-0.2, 0) is 17.7 Å². The van der Waals surface area contributed by atoms with E-state index in [0.717, 1.165) is 45.1 Å². The van der Waals surface area contributed by atoms with Crippen molar-refractivity contribution in [2.45, 2.75) is 19.9 Å². The number of carbonyl (C=O) groups is 1. The van der Waals surface area contributed by atoms with Gasteiger partial charge in [-0.15, -0.1) is 11.3 Å². The smallest absolute Gasteiger partial charge is 0.357 e. The number of rotatable bonds is 2. The first kappa shape index (κ1) is 15.1. The van der Waals surface area contributed by atoms with Gasteiger partial charge in [0.15, 0.2) is 10.8 Å². The zero-order valence-electron chi connectivity index (χ0n) is 13.4. The second-order valence-electron chi connectivity index (χ2n) is 5.84. The molecule has 3 heterocycles. The number of methoxy groups -OCH3 is 1. The van der Waals surface area contributed by atoms with E-state index < -0.39 is 5.97 Å². The van der Waals surface area contributed by atoms with Crippen molar-refractivity contribution in [2.75, 3.05) is 18.6 Å². The topological polar surface area (TPSA) is 58.2 Å². The summed E-state index contributed by atoms with van der Waals surface area (Å²) in [6, 6.07) is 4.81. The molecule has 7 heteroatoms. The molecule has 0 radical (unpaired) electrons. The number of esters is 1. The van der Waals surface area contributed by atoms with E-state index in [9.17, 15) is 9.18 Å². The van der Waals surface area contributed by atoms with Crippen molar-refractivity contribution in [1.29, 1.82) is 0 Å². The van der Waals surface area contributed by atoms with Crippen LogP contribution >= 0.6 is 11.3 Å². The van der Waals surface area contributed by atoms with Crippen molar-refractivity contribution >= 4 is 33.3 Å². The first-order valence-electron chi connectivity index (χ1n) is 7.66. The lowest BCUT2D eigenvalue weighted by Gasteiger charge is -2.26. The number of aromatic amines is 1. The number of thiazole rings is 1. The lowest BCUT2D eigenvalue weighted by molar-refractivity contribution is 0.0594. The Hall–Kier alpha value is -2.41. The highest BCUT2D eigenvalue weighted by Crippen LogP contribution is 2.33. The summed E-state index contributed by atoms with van der Waals surface area (Å²) in [4.78, 5) is 22.5. The van der Waals surface area contributed by atoms with Crippen molar-refractivity contribution in [3.8, 4) is 0 Å². The molecule has 0 amide bonds. The SMILES string of the molecule is COC(=O)c1nc(N2CCc3[nH]c4ccc(F)cc4c3C2)sc1C. The van der Waals surface area contributed by atoms with E-state index in [4.69, 9.17) is 4.74 Å². The van der Waals surface area contributed by atoms with Crippen LogP contribution in [0.3, 0.4) is 0 Å². The van der Waals surface area contributed by atoms with Crippen LogP contribution < -0.4 is 4.90 Å². The Morgan fingerprint density at radius 1 is 1.46 bits per heavy atom. The van der Waals surface area contributed by atoms with Gasteiger partial charge in [0.25, 0.3) is 0 Å². The summed E-state index contributed by atoms with van der Waals surface area (Å²) in [5.74, 6) is -0.652. The Kier molecular flexibility index (Phi) is 3.53. The Morgan fingerprint density at radius 3 is 3.08 bits per heavy atom. The highest BCUT2D eigenvalue weighted by molar-refractivity contribution is 7.15. The van der Waals surface area contributed by atoms with Gasteiger partial charge in [0.2, 0.25) is 0 Å². The van der Waals surface area contributed by atoms with Gasteiger partial charge in [-0.1, -0.05) is 0 Å². The molecule has 24 heavy (non-hydrogen) atoms. The maximum absolute atomic E-state index is 13.6. The minimum Gasteiger partial charge on any atom is -0.464 e. The summed E-state index contributed by atoms with van der Waals surface area (Å²) in [7, 11) is 1.36. The molecule has 0 aliphatic carbocycles. The fraction of sp³-hybridized carbons (Fsp3) is 0.294. The molecule has 1 N–H and O–H groups in total. The van der Waals surface area contributed by atoms with Gasteiger partial charge in [-0.25, -0.2) is 14.2 Å². The van der Waals surface area contributed by atoms with Crippen LogP contribution in [0.5, 0.6) is 0 Å². The van der Waals surface area contributed by atoms with Gasteiger partial charge in [0, 0.05) is 46.5 Å². The minimum absolute atomic E-state index is 0.237. The van der Waals surface area contributed by atoms with Gasteiger partial charge in [0.05, 0.1) is 7.11 Å². The standard InChI is InChI=1S/C17H16FN3O2S/c1-9-15(16(22)23-2)20-17(24-9)21-6-5-14-12(8-21)11-7-10(18)3-4-13(11)19-14/h3-4,7,19H,5-6,8H2,1-2H3. The highest BCUT2D eigenvalue weighted by atomic mass is 32.1. The van der Waals surface area contributed by atoms with E-state index in [1.807, 2.05) is 6.92 Å². The normalized spacial score (nSPS) is 14.0. The first-order chi connectivity index (χ1) is 11.6. The number of benzene rings is 1. The summed E-state index contributed by atoms with van der Waals surface area (Å²) >= 11 is 1.48. The Morgan fingerprint density at radius 2 is 2.29 bits per heavy atom. The van der Waals surface area contributed by atoms with Crippen molar-refractivity contribution in [3.63, 3.8) is 0 Å². The number of halogens is 1. The van der Waals surface area contributed by atoms with Crippen LogP contribution in [0.15, 0.2) is 18.2 Å². The number of anilines is 1. The van der Waals surface area contributed by atoms with E-state index in [2.05, 4.69) is 14.9 Å². The Bertz CT molecular complexity index is 947. The average Bonchev–Trinajstić information content (AvgIpc) is 3.14. The molecule has 124 valence electrons. The monoisotopic (exact) mass is 345 g/mol. The van der Waals surface area contributed by atoms with Gasteiger partial charge in [-0.3, -0.25) is 0 Å². The molecule has 1 aliphatic heterocycles. The van der Waals surface area contributed by atoms with Crippen LogP contribution in [-0.4, -0.2) is 29.6 Å². The summed E-state index contributed by atoms with van der Waals surface area (Å²) < 4.78 is 18.4. The number of hydrogen-bond acceptors (Lipinski definition) is 5. The summed E-state index contributed by atoms with van der Waals surface area (Å²) in [6.45, 7) is 3.31. The summed E-state index contributed by atoms with van der Waals surface area (Å²) in [5.41, 5.74) is 3.57. The summed E-state index contributed by atoms with van der Waals surface area (Å²) in [5, 5.41) is 1.71. The predicted molar refractivity (Wildman–Crippen MR) is 91.2 cm³/mol. The lowest BCUT2D eigenvalue weighted by Crippen LogP contribution is -2.30. The van der Waals surface area contributed by atoms with E-state index in [1.165, 1.54) is 24.5 Å². The number of hydrogen-bond donors (Lipinski definition) is 1. The number of nitrogens with zero attached hydrogens (tertiary/aromatic N) is 2. The average molecular weight is 345 g/mol. The molecular weight excluding hydrogens is 329 g/mol. The lowest BCUT2D eigenvalue weighted by atomic mass is 10.0. The largest absolute Gasteiger partial charge is 0.464 e. The quantitative estimate of drug-likeness (QED) is 0.723. The van der Waals surface area contributed by atoms with Crippen LogP contribution in [0, 0.1) is 12.7 Å². The second kappa shape index (κ2) is 5.59. The molecule has 0 atom stereocenters. The van der Waals surface area contributed by atoms with E-state index in [0.29, 0.717) is 12.2 Å². The van der Waals surface area contributed by atoms with Gasteiger partial charge in [-0.2, -0.15) is 0 Å². The van der Waals surface area contributed by atoms with Crippen LogP contribution in [0.1, 0.15) is 26.6 Å². The van der Waals surface area contributed by atoms with Crippen molar-refractivity contribution in [3.05, 3.63) is 45.8 Å². The minimum atomic E-state index is -0.415. The molecule has 0 spiro atoms. The number of H-pyrrole nitrogens is 1. The fourth-order valence-corrected chi connectivity index (χ4v) is 4.07. The molecule has 0 fully saturated rings. The molecule has 1 aromatic carbocycles. The number of aromatic nitrogens is 2. The fourth-order valence-electron chi connectivity index (χ4n) is 3.15. The maximum Gasteiger partial charge on any atom is 0.357 e. The highest BCUT2D eigenvalue weighted by Gasteiger charge is 2.25. The molecule has 0 bridgehead atoms. The molecule has 2 aromatic heterocycles.